The summed E-state index contributed by atoms with van der Waals surface area (Å²) >= 11 is 0. The lowest BCUT2D eigenvalue weighted by molar-refractivity contribution is 0.0936. The molecule has 1 aliphatic heterocycles. The number of aryl methyl sites for hydroxylation is 1. The van der Waals surface area contributed by atoms with Crippen LogP contribution in [0, 0.1) is 0 Å². The number of benzene rings is 2. The summed E-state index contributed by atoms with van der Waals surface area (Å²) in [4.78, 5) is 4.27. The summed E-state index contributed by atoms with van der Waals surface area (Å²) in [6, 6.07) is 15.9. The summed E-state index contributed by atoms with van der Waals surface area (Å²) in [6.07, 6.45) is 1.98. The van der Waals surface area contributed by atoms with Crippen molar-refractivity contribution in [3.63, 3.8) is 0 Å². The van der Waals surface area contributed by atoms with Crippen molar-refractivity contribution in [1.29, 1.82) is 0 Å². The Morgan fingerprint density at radius 2 is 1.89 bits per heavy atom. The summed E-state index contributed by atoms with van der Waals surface area (Å²) < 4.78 is 16.9. The van der Waals surface area contributed by atoms with Gasteiger partial charge in [0.15, 0.2) is 17.5 Å². The number of rotatable bonds is 7. The maximum absolute atomic E-state index is 5.95. The molecule has 0 radical (unpaired) electrons. The van der Waals surface area contributed by atoms with E-state index in [9.17, 15) is 0 Å². The summed E-state index contributed by atoms with van der Waals surface area (Å²) in [7, 11) is 3.45. The van der Waals surface area contributed by atoms with Gasteiger partial charge in [0.1, 0.15) is 18.5 Å². The molecule has 2 N–H and O–H groups in total. The van der Waals surface area contributed by atoms with E-state index in [4.69, 9.17) is 14.2 Å². The quantitative estimate of drug-likeness (QED) is 0.446. The molecule has 0 spiro atoms. The number of nitrogens with zero attached hydrogens (tertiary/aromatic N) is 1. The van der Waals surface area contributed by atoms with E-state index in [1.165, 1.54) is 5.56 Å². The number of fused-ring (bicyclic) bond motifs is 1. The van der Waals surface area contributed by atoms with Crippen LogP contribution in [0.4, 0.5) is 0 Å². The van der Waals surface area contributed by atoms with Gasteiger partial charge in [-0.2, -0.15) is 0 Å². The number of methoxy groups -OCH3 is 1. The Balaban J connectivity index is 1.36. The number of aliphatic imine (C=N–C) groups is 1. The van der Waals surface area contributed by atoms with Crippen LogP contribution in [0.25, 0.3) is 0 Å². The van der Waals surface area contributed by atoms with Crippen LogP contribution < -0.4 is 24.8 Å². The van der Waals surface area contributed by atoms with E-state index in [0.717, 1.165) is 42.6 Å². The van der Waals surface area contributed by atoms with Crippen LogP contribution in [0.1, 0.15) is 12.0 Å². The molecule has 0 saturated heterocycles. The normalized spacial score (nSPS) is 15.9. The smallest absolute Gasteiger partial charge is 0.191 e. The fraction of sp³-hybridized carbons (Fsp3) is 0.381. The molecule has 0 bridgehead atoms. The highest BCUT2D eigenvalue weighted by molar-refractivity contribution is 5.79. The van der Waals surface area contributed by atoms with Gasteiger partial charge < -0.3 is 24.8 Å². The SMILES string of the molecule is CN=C(NCCCc1ccc(OC)cc1)NCC1COc2ccccc2O1. The molecule has 0 saturated carbocycles. The largest absolute Gasteiger partial charge is 0.497 e. The van der Waals surface area contributed by atoms with Gasteiger partial charge in [0.2, 0.25) is 0 Å². The number of ether oxygens (including phenoxy) is 3. The van der Waals surface area contributed by atoms with Gasteiger partial charge in [0.05, 0.1) is 13.7 Å². The van der Waals surface area contributed by atoms with Crippen LogP contribution in [0.5, 0.6) is 17.2 Å². The standard InChI is InChI=1S/C21H27N3O3/c1-22-21(23-13-5-6-16-9-11-17(25-2)12-10-16)24-14-18-15-26-19-7-3-4-8-20(19)27-18/h3-4,7-12,18H,5-6,13-15H2,1-2H3,(H2,22,23,24). The van der Waals surface area contributed by atoms with E-state index in [2.05, 4.69) is 27.8 Å². The second-order valence-electron chi connectivity index (χ2n) is 6.33. The fourth-order valence-corrected chi connectivity index (χ4v) is 2.89. The predicted octanol–water partition coefficient (Wildman–Crippen LogP) is 2.63. The lowest BCUT2D eigenvalue weighted by Gasteiger charge is -2.27. The summed E-state index contributed by atoms with van der Waals surface area (Å²) in [6.45, 7) is 2.00. The Labute approximate surface area is 160 Å². The van der Waals surface area contributed by atoms with E-state index in [0.29, 0.717) is 13.2 Å². The summed E-state index contributed by atoms with van der Waals surface area (Å²) in [5.41, 5.74) is 1.30. The van der Waals surface area contributed by atoms with Gasteiger partial charge in [0.25, 0.3) is 0 Å². The van der Waals surface area contributed by atoms with E-state index >= 15 is 0 Å². The van der Waals surface area contributed by atoms with Gasteiger partial charge in [-0.1, -0.05) is 24.3 Å². The predicted molar refractivity (Wildman–Crippen MR) is 107 cm³/mol. The van der Waals surface area contributed by atoms with Crippen LogP contribution in [0.3, 0.4) is 0 Å². The fourth-order valence-electron chi connectivity index (χ4n) is 2.89. The van der Waals surface area contributed by atoms with Gasteiger partial charge in [-0.3, -0.25) is 4.99 Å². The van der Waals surface area contributed by atoms with Gasteiger partial charge in [0, 0.05) is 13.6 Å². The highest BCUT2D eigenvalue weighted by Crippen LogP contribution is 2.30. The minimum absolute atomic E-state index is 0.0438. The molecule has 0 aliphatic carbocycles. The van der Waals surface area contributed by atoms with Crippen molar-refractivity contribution in [3.8, 4) is 17.2 Å². The third-order valence-corrected chi connectivity index (χ3v) is 4.38. The number of nitrogens with one attached hydrogen (secondary N) is 2. The number of hydrogen-bond donors (Lipinski definition) is 2. The van der Waals surface area contributed by atoms with Crippen molar-refractivity contribution in [2.24, 2.45) is 4.99 Å². The first kappa shape index (κ1) is 18.9. The first-order valence-corrected chi connectivity index (χ1v) is 9.24. The topological polar surface area (TPSA) is 64.1 Å². The molecule has 144 valence electrons. The zero-order chi connectivity index (χ0) is 18.9. The lowest BCUT2D eigenvalue weighted by atomic mass is 10.1. The number of para-hydroxylation sites is 2. The number of hydrogen-bond acceptors (Lipinski definition) is 4. The molecular weight excluding hydrogens is 342 g/mol. The molecular formula is C21H27N3O3. The Kier molecular flexibility index (Phi) is 6.79. The zero-order valence-corrected chi connectivity index (χ0v) is 15.9. The monoisotopic (exact) mass is 369 g/mol. The van der Waals surface area contributed by atoms with Crippen LogP contribution in [-0.4, -0.2) is 45.9 Å². The van der Waals surface area contributed by atoms with Gasteiger partial charge in [-0.15, -0.1) is 0 Å². The summed E-state index contributed by atoms with van der Waals surface area (Å²) in [5, 5.41) is 6.64. The summed E-state index contributed by atoms with van der Waals surface area (Å²) in [5.74, 6) is 3.25. The molecule has 3 rings (SSSR count). The third-order valence-electron chi connectivity index (χ3n) is 4.38. The van der Waals surface area contributed by atoms with E-state index in [-0.39, 0.29) is 6.10 Å². The average molecular weight is 369 g/mol. The maximum atomic E-state index is 5.95. The van der Waals surface area contributed by atoms with E-state index in [1.54, 1.807) is 14.2 Å². The molecule has 0 aromatic heterocycles. The number of guanidine groups is 1. The molecule has 27 heavy (non-hydrogen) atoms. The van der Waals surface area contributed by atoms with Crippen molar-refractivity contribution in [3.05, 3.63) is 54.1 Å². The molecule has 1 aliphatic rings. The molecule has 0 fully saturated rings. The lowest BCUT2D eigenvalue weighted by Crippen LogP contribution is -2.45. The maximum Gasteiger partial charge on any atom is 0.191 e. The van der Waals surface area contributed by atoms with Crippen LogP contribution >= 0.6 is 0 Å². The van der Waals surface area contributed by atoms with Gasteiger partial charge in [-0.05, 0) is 42.7 Å². The van der Waals surface area contributed by atoms with Crippen LogP contribution in [0.2, 0.25) is 0 Å². The van der Waals surface area contributed by atoms with Crippen molar-refractivity contribution < 1.29 is 14.2 Å². The van der Waals surface area contributed by atoms with Crippen molar-refractivity contribution >= 4 is 5.96 Å². The average Bonchev–Trinajstić information content (AvgIpc) is 2.73. The Hall–Kier alpha value is -2.89. The van der Waals surface area contributed by atoms with Crippen molar-refractivity contribution in [1.82, 2.24) is 10.6 Å². The first-order valence-electron chi connectivity index (χ1n) is 9.24. The second-order valence-corrected chi connectivity index (χ2v) is 6.33. The second kappa shape index (κ2) is 9.71. The molecule has 0 amide bonds. The molecule has 6 heteroatoms. The molecule has 2 aromatic carbocycles. The van der Waals surface area contributed by atoms with Gasteiger partial charge in [-0.25, -0.2) is 0 Å². The molecule has 1 unspecified atom stereocenters. The minimum Gasteiger partial charge on any atom is -0.497 e. The van der Waals surface area contributed by atoms with Crippen LogP contribution in [-0.2, 0) is 6.42 Å². The van der Waals surface area contributed by atoms with E-state index in [1.807, 2.05) is 36.4 Å². The third kappa shape index (κ3) is 5.54. The zero-order valence-electron chi connectivity index (χ0n) is 15.9. The molecule has 1 heterocycles. The Morgan fingerprint density at radius 1 is 1.11 bits per heavy atom. The van der Waals surface area contributed by atoms with Crippen LogP contribution in [0.15, 0.2) is 53.5 Å². The molecule has 2 aromatic rings. The first-order chi connectivity index (χ1) is 13.3. The minimum atomic E-state index is -0.0438. The Morgan fingerprint density at radius 3 is 2.63 bits per heavy atom. The highest BCUT2D eigenvalue weighted by Gasteiger charge is 2.20. The van der Waals surface area contributed by atoms with Crippen molar-refractivity contribution in [2.45, 2.75) is 18.9 Å². The Bertz CT molecular complexity index is 747. The van der Waals surface area contributed by atoms with E-state index < -0.39 is 0 Å². The van der Waals surface area contributed by atoms with Crippen molar-refractivity contribution in [2.75, 3.05) is 33.9 Å². The molecule has 6 nitrogen and oxygen atoms in total. The molecule has 1 atom stereocenters. The highest BCUT2D eigenvalue weighted by atomic mass is 16.6. The van der Waals surface area contributed by atoms with Gasteiger partial charge >= 0.3 is 0 Å².